The number of nitrogens with one attached hydrogen (secondary N) is 1. The van der Waals surface area contributed by atoms with Crippen LogP contribution in [-0.2, 0) is 0 Å². The van der Waals surface area contributed by atoms with Crippen molar-refractivity contribution in [2.24, 2.45) is 5.92 Å². The zero-order valence-corrected chi connectivity index (χ0v) is 12.4. The van der Waals surface area contributed by atoms with Crippen molar-refractivity contribution in [1.82, 2.24) is 5.32 Å². The molecule has 0 amide bonds. The Balaban J connectivity index is 1.60. The average molecular weight is 296 g/mol. The summed E-state index contributed by atoms with van der Waals surface area (Å²) in [5, 5.41) is 13.8. The van der Waals surface area contributed by atoms with Crippen LogP contribution in [0.25, 0.3) is 0 Å². The van der Waals surface area contributed by atoms with Gasteiger partial charge in [-0.3, -0.25) is 0 Å². The summed E-state index contributed by atoms with van der Waals surface area (Å²) in [6.45, 7) is 1.79. The minimum absolute atomic E-state index is 0.276. The molecule has 1 aromatic carbocycles. The van der Waals surface area contributed by atoms with Gasteiger partial charge in [0, 0.05) is 11.6 Å². The highest BCUT2D eigenvalue weighted by molar-refractivity contribution is 6.30. The largest absolute Gasteiger partial charge is 0.491 e. The van der Waals surface area contributed by atoms with Crippen LogP contribution >= 0.6 is 11.6 Å². The summed E-state index contributed by atoms with van der Waals surface area (Å²) in [5.41, 5.74) is 0. The van der Waals surface area contributed by atoms with E-state index in [1.807, 2.05) is 12.1 Å². The van der Waals surface area contributed by atoms with E-state index in [0.717, 1.165) is 13.0 Å². The van der Waals surface area contributed by atoms with Crippen LogP contribution in [0.1, 0.15) is 19.3 Å². The van der Waals surface area contributed by atoms with Gasteiger partial charge in [0.2, 0.25) is 0 Å². The molecular formula is C16H22ClNO2. The van der Waals surface area contributed by atoms with E-state index in [2.05, 4.69) is 17.5 Å². The summed E-state index contributed by atoms with van der Waals surface area (Å²) < 4.78 is 5.51. The maximum absolute atomic E-state index is 9.87. The van der Waals surface area contributed by atoms with Crippen LogP contribution in [0.3, 0.4) is 0 Å². The third-order valence-electron chi connectivity index (χ3n) is 3.43. The highest BCUT2D eigenvalue weighted by Crippen LogP contribution is 2.18. The van der Waals surface area contributed by atoms with Gasteiger partial charge in [-0.15, -0.1) is 0 Å². The molecule has 0 fully saturated rings. The smallest absolute Gasteiger partial charge is 0.120 e. The first-order valence-corrected chi connectivity index (χ1v) is 7.54. The van der Waals surface area contributed by atoms with Crippen molar-refractivity contribution < 1.29 is 9.84 Å². The van der Waals surface area contributed by atoms with Gasteiger partial charge in [-0.2, -0.15) is 0 Å². The second-order valence-corrected chi connectivity index (χ2v) is 5.67. The van der Waals surface area contributed by atoms with E-state index in [0.29, 0.717) is 23.2 Å². The number of rotatable bonds is 7. The predicted octanol–water partition coefficient (Wildman–Crippen LogP) is 3.03. The van der Waals surface area contributed by atoms with Crippen LogP contribution < -0.4 is 10.1 Å². The second-order valence-electron chi connectivity index (χ2n) is 5.23. The number of aliphatic hydroxyl groups is 1. The highest BCUT2D eigenvalue weighted by Gasteiger charge is 2.11. The Hall–Kier alpha value is -1.03. The van der Waals surface area contributed by atoms with Gasteiger partial charge in [-0.25, -0.2) is 0 Å². The monoisotopic (exact) mass is 295 g/mol. The lowest BCUT2D eigenvalue weighted by atomic mass is 9.94. The molecule has 1 aliphatic carbocycles. The molecule has 4 heteroatoms. The lowest BCUT2D eigenvalue weighted by molar-refractivity contribution is 0.105. The van der Waals surface area contributed by atoms with Crippen LogP contribution in [-0.4, -0.2) is 30.9 Å². The van der Waals surface area contributed by atoms with Gasteiger partial charge in [0.15, 0.2) is 0 Å². The van der Waals surface area contributed by atoms with Crippen LogP contribution in [0.15, 0.2) is 36.4 Å². The molecule has 3 nitrogen and oxygen atoms in total. The number of ether oxygens (including phenoxy) is 1. The van der Waals surface area contributed by atoms with E-state index < -0.39 is 6.10 Å². The van der Waals surface area contributed by atoms with Gasteiger partial charge < -0.3 is 15.2 Å². The zero-order chi connectivity index (χ0) is 14.2. The first-order chi connectivity index (χ1) is 9.74. The molecule has 110 valence electrons. The van der Waals surface area contributed by atoms with E-state index in [-0.39, 0.29) is 6.61 Å². The maximum atomic E-state index is 9.87. The van der Waals surface area contributed by atoms with Crippen molar-refractivity contribution in [3.8, 4) is 5.75 Å². The molecule has 2 N–H and O–H groups in total. The minimum Gasteiger partial charge on any atom is -0.491 e. The Morgan fingerprint density at radius 1 is 1.40 bits per heavy atom. The Morgan fingerprint density at radius 3 is 3.05 bits per heavy atom. The van der Waals surface area contributed by atoms with E-state index >= 15 is 0 Å². The lowest BCUT2D eigenvalue weighted by Crippen LogP contribution is -2.34. The van der Waals surface area contributed by atoms with Gasteiger partial charge in [-0.1, -0.05) is 29.8 Å². The molecule has 0 heterocycles. The summed E-state index contributed by atoms with van der Waals surface area (Å²) in [6, 6.07) is 7.21. The summed E-state index contributed by atoms with van der Waals surface area (Å²) in [7, 11) is 0. The van der Waals surface area contributed by atoms with Crippen molar-refractivity contribution in [2.45, 2.75) is 25.4 Å². The fraction of sp³-hybridized carbons (Fsp3) is 0.500. The van der Waals surface area contributed by atoms with Gasteiger partial charge in [0.25, 0.3) is 0 Å². The molecular weight excluding hydrogens is 274 g/mol. The number of hydrogen-bond acceptors (Lipinski definition) is 3. The number of allylic oxidation sites excluding steroid dienone is 2. The van der Waals surface area contributed by atoms with E-state index in [1.54, 1.807) is 12.1 Å². The van der Waals surface area contributed by atoms with E-state index in [1.165, 1.54) is 12.8 Å². The van der Waals surface area contributed by atoms with Crippen molar-refractivity contribution >= 4 is 11.6 Å². The normalized spacial score (nSPS) is 19.8. The summed E-state index contributed by atoms with van der Waals surface area (Å²) in [6.07, 6.45) is 7.53. The molecule has 1 aromatic rings. The maximum Gasteiger partial charge on any atom is 0.120 e. The molecule has 2 rings (SSSR count). The summed E-state index contributed by atoms with van der Waals surface area (Å²) in [4.78, 5) is 0. The third-order valence-corrected chi connectivity index (χ3v) is 3.66. The second kappa shape index (κ2) is 8.30. The Kier molecular flexibility index (Phi) is 6.37. The van der Waals surface area contributed by atoms with E-state index in [9.17, 15) is 5.11 Å². The fourth-order valence-corrected chi connectivity index (χ4v) is 2.48. The highest BCUT2D eigenvalue weighted by atomic mass is 35.5. The van der Waals surface area contributed by atoms with Crippen molar-refractivity contribution in [3.63, 3.8) is 0 Å². The Morgan fingerprint density at radius 2 is 2.30 bits per heavy atom. The van der Waals surface area contributed by atoms with Gasteiger partial charge in [0.05, 0.1) is 0 Å². The van der Waals surface area contributed by atoms with Crippen molar-refractivity contribution in [3.05, 3.63) is 41.4 Å². The van der Waals surface area contributed by atoms with Crippen LogP contribution in [0, 0.1) is 5.92 Å². The summed E-state index contributed by atoms with van der Waals surface area (Å²) in [5.74, 6) is 1.38. The number of aliphatic hydroxyl groups excluding tert-OH is 1. The first kappa shape index (κ1) is 15.4. The predicted molar refractivity (Wildman–Crippen MR) is 82.3 cm³/mol. The Bertz CT molecular complexity index is 436. The topological polar surface area (TPSA) is 41.5 Å². The van der Waals surface area contributed by atoms with Gasteiger partial charge in [-0.05, 0) is 49.9 Å². The number of halogens is 1. The van der Waals surface area contributed by atoms with Crippen molar-refractivity contribution in [1.29, 1.82) is 0 Å². The summed E-state index contributed by atoms with van der Waals surface area (Å²) >= 11 is 5.87. The fourth-order valence-electron chi connectivity index (χ4n) is 2.30. The quantitative estimate of drug-likeness (QED) is 0.760. The zero-order valence-electron chi connectivity index (χ0n) is 11.6. The molecule has 0 bridgehead atoms. The SMILES string of the molecule is OC(CNCC1CC=CCC1)COc1cccc(Cl)c1. The lowest BCUT2D eigenvalue weighted by Gasteiger charge is -2.19. The third kappa shape index (κ3) is 5.53. The van der Waals surface area contributed by atoms with E-state index in [4.69, 9.17) is 16.3 Å². The van der Waals surface area contributed by atoms with Crippen LogP contribution in [0.5, 0.6) is 5.75 Å². The standard InChI is InChI=1S/C16H22ClNO2/c17-14-7-4-8-16(9-14)20-12-15(19)11-18-10-13-5-2-1-3-6-13/h1-2,4,7-9,13,15,18-19H,3,5-6,10-12H2. The molecule has 0 saturated heterocycles. The van der Waals surface area contributed by atoms with Crippen LogP contribution in [0.4, 0.5) is 0 Å². The minimum atomic E-state index is -0.506. The molecule has 1 aliphatic rings. The molecule has 2 atom stereocenters. The molecule has 0 aliphatic heterocycles. The molecule has 0 spiro atoms. The molecule has 0 radical (unpaired) electrons. The molecule has 2 unspecified atom stereocenters. The van der Waals surface area contributed by atoms with Gasteiger partial charge >= 0.3 is 0 Å². The molecule has 0 saturated carbocycles. The molecule has 20 heavy (non-hydrogen) atoms. The number of hydrogen-bond donors (Lipinski definition) is 2. The first-order valence-electron chi connectivity index (χ1n) is 7.16. The molecule has 0 aromatic heterocycles. The number of benzene rings is 1. The average Bonchev–Trinajstić information content (AvgIpc) is 2.46. The Labute approximate surface area is 125 Å². The van der Waals surface area contributed by atoms with Gasteiger partial charge in [0.1, 0.15) is 18.5 Å². The van der Waals surface area contributed by atoms with Crippen molar-refractivity contribution in [2.75, 3.05) is 19.7 Å². The van der Waals surface area contributed by atoms with Crippen LogP contribution in [0.2, 0.25) is 5.02 Å².